The number of likely N-dealkylation sites (tertiary alicyclic amines) is 1. The van der Waals surface area contributed by atoms with Crippen molar-refractivity contribution in [3.8, 4) is 0 Å². The van der Waals surface area contributed by atoms with Gasteiger partial charge in [-0.3, -0.25) is 24.4 Å². The molecule has 170 valence electrons. The maximum absolute atomic E-state index is 12.8. The molecule has 4 unspecified atom stereocenters. The molecule has 2 N–H and O–H groups in total. The summed E-state index contributed by atoms with van der Waals surface area (Å²) >= 11 is 2.06. The Bertz CT molecular complexity index is 742. The highest BCUT2D eigenvalue weighted by Gasteiger charge is 2.58. The molecule has 4 fully saturated rings. The number of guanidine groups is 1. The van der Waals surface area contributed by atoms with Gasteiger partial charge in [-0.05, 0) is 31.1 Å². The van der Waals surface area contributed by atoms with E-state index >= 15 is 0 Å². The highest BCUT2D eigenvalue weighted by Crippen LogP contribution is 2.52. The third-order valence-electron chi connectivity index (χ3n) is 8.21. The first-order chi connectivity index (χ1) is 15.1. The second kappa shape index (κ2) is 8.77. The summed E-state index contributed by atoms with van der Waals surface area (Å²) in [5, 5.41) is 6.89. The van der Waals surface area contributed by atoms with Gasteiger partial charge >= 0.3 is 0 Å². The van der Waals surface area contributed by atoms with Crippen molar-refractivity contribution in [3.63, 3.8) is 0 Å². The molecule has 2 saturated heterocycles. The summed E-state index contributed by atoms with van der Waals surface area (Å²) in [7, 11) is 1.79. The van der Waals surface area contributed by atoms with E-state index in [1.807, 2.05) is 0 Å². The van der Waals surface area contributed by atoms with Gasteiger partial charge in [-0.25, -0.2) is 0 Å². The minimum absolute atomic E-state index is 0.0319. The van der Waals surface area contributed by atoms with Crippen molar-refractivity contribution >= 4 is 29.5 Å². The van der Waals surface area contributed by atoms with E-state index in [9.17, 15) is 9.59 Å². The van der Waals surface area contributed by atoms with Crippen LogP contribution in [0.2, 0.25) is 0 Å². The Kier molecular flexibility index (Phi) is 6.03. The number of allylic oxidation sites excluding steroid dienone is 2. The number of fused-ring (bicyclic) bond motifs is 5. The minimum Gasteiger partial charge on any atom is -0.355 e. The molecule has 4 atom stereocenters. The van der Waals surface area contributed by atoms with Crippen LogP contribution < -0.4 is 10.6 Å². The van der Waals surface area contributed by atoms with Gasteiger partial charge in [0, 0.05) is 56.8 Å². The van der Waals surface area contributed by atoms with Crippen LogP contribution in [0.4, 0.5) is 0 Å². The molecule has 0 spiro atoms. The number of nitrogens with one attached hydrogen (secondary N) is 2. The zero-order valence-corrected chi connectivity index (χ0v) is 19.3. The first-order valence-electron chi connectivity index (χ1n) is 11.9. The first kappa shape index (κ1) is 21.3. The Labute approximate surface area is 189 Å². The smallest absolute Gasteiger partial charge is 0.233 e. The van der Waals surface area contributed by atoms with Gasteiger partial charge in [0.05, 0.1) is 11.8 Å². The van der Waals surface area contributed by atoms with Gasteiger partial charge in [0.15, 0.2) is 5.96 Å². The highest BCUT2D eigenvalue weighted by molar-refractivity contribution is 7.99. The molecule has 2 heterocycles. The number of imide groups is 1. The highest BCUT2D eigenvalue weighted by atomic mass is 32.2. The average molecular weight is 446 g/mol. The van der Waals surface area contributed by atoms with Gasteiger partial charge in [0.1, 0.15) is 0 Å². The summed E-state index contributed by atoms with van der Waals surface area (Å²) in [6, 6.07) is 0. The average Bonchev–Trinajstić information content (AvgIpc) is 3.58. The van der Waals surface area contributed by atoms with Crippen molar-refractivity contribution < 1.29 is 9.59 Å². The number of nitrogens with zero attached hydrogens (tertiary/aromatic N) is 3. The van der Waals surface area contributed by atoms with Crippen LogP contribution in [-0.2, 0) is 9.59 Å². The van der Waals surface area contributed by atoms with E-state index in [2.05, 4.69) is 44.4 Å². The monoisotopic (exact) mass is 445 g/mol. The molecule has 2 bridgehead atoms. The zero-order valence-electron chi connectivity index (χ0n) is 18.5. The Balaban J connectivity index is 1.13. The molecule has 0 aromatic heterocycles. The van der Waals surface area contributed by atoms with Crippen molar-refractivity contribution in [1.82, 2.24) is 20.4 Å². The lowest BCUT2D eigenvalue weighted by Crippen LogP contribution is -2.57. The van der Waals surface area contributed by atoms with Gasteiger partial charge in [-0.1, -0.05) is 25.0 Å². The molecule has 2 aliphatic heterocycles. The fourth-order valence-electron chi connectivity index (χ4n) is 6.62. The summed E-state index contributed by atoms with van der Waals surface area (Å²) in [6.07, 6.45) is 10.4. The third-order valence-corrected chi connectivity index (χ3v) is 9.16. The third kappa shape index (κ3) is 3.80. The molecule has 5 rings (SSSR count). The van der Waals surface area contributed by atoms with Gasteiger partial charge in [0.25, 0.3) is 0 Å². The standard InChI is InChI=1S/C23H35N5O2S/c1-24-22(26-15-23(6-2-3-7-23)27-10-12-31-13-11-27)25-8-9-28-20(29)18-16-4-5-17(14-16)19(18)21(28)30/h4-5,16-19H,2-3,6-15H2,1H3,(H2,24,25,26). The lowest BCUT2D eigenvalue weighted by atomic mass is 9.85. The van der Waals surface area contributed by atoms with Crippen LogP contribution >= 0.6 is 11.8 Å². The molecule has 8 heteroatoms. The van der Waals surface area contributed by atoms with Crippen LogP contribution in [0.25, 0.3) is 0 Å². The van der Waals surface area contributed by atoms with E-state index in [-0.39, 0.29) is 41.0 Å². The minimum atomic E-state index is -0.107. The molecule has 0 radical (unpaired) electrons. The summed E-state index contributed by atoms with van der Waals surface area (Å²) in [4.78, 5) is 34.3. The van der Waals surface area contributed by atoms with Crippen LogP contribution in [0.3, 0.4) is 0 Å². The second-order valence-electron chi connectivity index (χ2n) is 9.71. The van der Waals surface area contributed by atoms with Crippen LogP contribution in [-0.4, -0.2) is 84.4 Å². The van der Waals surface area contributed by atoms with E-state index in [1.54, 1.807) is 7.05 Å². The van der Waals surface area contributed by atoms with E-state index in [0.29, 0.717) is 13.1 Å². The van der Waals surface area contributed by atoms with E-state index in [1.165, 1.54) is 55.2 Å². The van der Waals surface area contributed by atoms with Crippen LogP contribution in [0.5, 0.6) is 0 Å². The molecular weight excluding hydrogens is 410 g/mol. The molecule has 7 nitrogen and oxygen atoms in total. The number of thioether (sulfide) groups is 1. The second-order valence-corrected chi connectivity index (χ2v) is 10.9. The number of carbonyl (C=O) groups is 2. The summed E-state index contributed by atoms with van der Waals surface area (Å²) in [5.41, 5.74) is 0.239. The van der Waals surface area contributed by atoms with Crippen molar-refractivity contribution in [2.24, 2.45) is 28.7 Å². The zero-order chi connectivity index (χ0) is 21.4. The Morgan fingerprint density at radius 2 is 1.74 bits per heavy atom. The maximum atomic E-state index is 12.8. The normalized spacial score (nSPS) is 34.6. The summed E-state index contributed by atoms with van der Waals surface area (Å²) in [5.74, 6) is 3.61. The van der Waals surface area contributed by atoms with Gasteiger partial charge in [0.2, 0.25) is 11.8 Å². The predicted octanol–water partition coefficient (Wildman–Crippen LogP) is 1.32. The van der Waals surface area contributed by atoms with Crippen molar-refractivity contribution in [1.29, 1.82) is 0 Å². The summed E-state index contributed by atoms with van der Waals surface area (Å²) < 4.78 is 0. The Morgan fingerprint density at radius 1 is 1.10 bits per heavy atom. The molecule has 2 saturated carbocycles. The number of carbonyl (C=O) groups excluding carboxylic acids is 2. The van der Waals surface area contributed by atoms with Gasteiger partial charge in [-0.2, -0.15) is 11.8 Å². The topological polar surface area (TPSA) is 77.0 Å². The fourth-order valence-corrected chi connectivity index (χ4v) is 7.52. The Morgan fingerprint density at radius 3 is 2.35 bits per heavy atom. The fraction of sp³-hybridized carbons (Fsp3) is 0.783. The number of hydrogen-bond donors (Lipinski definition) is 2. The number of amides is 2. The van der Waals surface area contributed by atoms with Crippen molar-refractivity contribution in [2.45, 2.75) is 37.6 Å². The SMILES string of the molecule is CN=C(NCCN1C(=O)C2C3C=CC(C3)C2C1=O)NCC1(N2CCSCC2)CCCC1. The number of rotatable bonds is 6. The number of hydrogen-bond acceptors (Lipinski definition) is 5. The molecule has 0 aromatic carbocycles. The Hall–Kier alpha value is -1.54. The summed E-state index contributed by atoms with van der Waals surface area (Å²) in [6.45, 7) is 4.21. The lowest BCUT2D eigenvalue weighted by Gasteiger charge is -2.43. The van der Waals surface area contributed by atoms with Gasteiger partial charge < -0.3 is 10.6 Å². The molecule has 3 aliphatic carbocycles. The molecule has 2 amide bonds. The van der Waals surface area contributed by atoms with E-state index in [4.69, 9.17) is 0 Å². The van der Waals surface area contributed by atoms with Crippen molar-refractivity contribution in [3.05, 3.63) is 12.2 Å². The van der Waals surface area contributed by atoms with Crippen LogP contribution in [0, 0.1) is 23.7 Å². The van der Waals surface area contributed by atoms with E-state index < -0.39 is 0 Å². The van der Waals surface area contributed by atoms with Crippen LogP contribution in [0.1, 0.15) is 32.1 Å². The predicted molar refractivity (Wildman–Crippen MR) is 124 cm³/mol. The molecular formula is C23H35N5O2S. The van der Waals surface area contributed by atoms with E-state index in [0.717, 1.165) is 18.9 Å². The van der Waals surface area contributed by atoms with Crippen LogP contribution in [0.15, 0.2) is 17.1 Å². The largest absolute Gasteiger partial charge is 0.355 e. The quantitative estimate of drug-likeness (QED) is 0.278. The van der Waals surface area contributed by atoms with Gasteiger partial charge in [-0.15, -0.1) is 0 Å². The molecule has 0 aromatic rings. The van der Waals surface area contributed by atoms with Crippen molar-refractivity contribution in [2.75, 3.05) is 51.3 Å². The molecule has 31 heavy (non-hydrogen) atoms. The first-order valence-corrected chi connectivity index (χ1v) is 13.1. The molecule has 5 aliphatic rings. The lowest BCUT2D eigenvalue weighted by molar-refractivity contribution is -0.140. The maximum Gasteiger partial charge on any atom is 0.233 e. The number of aliphatic imine (C=N–C) groups is 1.